The summed E-state index contributed by atoms with van der Waals surface area (Å²) in [7, 11) is 0. The third-order valence-electron chi connectivity index (χ3n) is 3.28. The molecule has 0 saturated carbocycles. The number of phenols is 1. The molecule has 0 radical (unpaired) electrons. The van der Waals surface area contributed by atoms with Crippen LogP contribution in [0.2, 0.25) is 5.02 Å². The first kappa shape index (κ1) is 14.7. The van der Waals surface area contributed by atoms with Crippen LogP contribution in [-0.4, -0.2) is 21.2 Å². The maximum Gasteiger partial charge on any atom is 0.261 e. The fourth-order valence-electron chi connectivity index (χ4n) is 2.28. The van der Waals surface area contributed by atoms with Crippen LogP contribution in [-0.2, 0) is 0 Å². The lowest BCUT2D eigenvalue weighted by molar-refractivity contribution is 0.102. The lowest BCUT2D eigenvalue weighted by atomic mass is 10.0. The number of rotatable bonds is 2. The Labute approximate surface area is 135 Å². The van der Waals surface area contributed by atoms with E-state index in [0.717, 1.165) is 16.0 Å². The standard InChI is InChI=1S/C15H12ClN3O2S/c1-7-4-3-5-9-12(7)11(16)6-10(13(9)20)14(21)17-15-19-18-8(2)22-15/h3-6,20H,1-2H3,(H,17,19,21). The number of anilines is 1. The Kier molecular flexibility index (Phi) is 3.72. The van der Waals surface area contributed by atoms with Crippen molar-refractivity contribution in [3.63, 3.8) is 0 Å². The number of carbonyl (C=O) groups is 1. The molecule has 1 heterocycles. The van der Waals surface area contributed by atoms with Gasteiger partial charge in [-0.2, -0.15) is 0 Å². The minimum absolute atomic E-state index is 0.0955. The Morgan fingerprint density at radius 1 is 1.32 bits per heavy atom. The summed E-state index contributed by atoms with van der Waals surface area (Å²) < 4.78 is 0. The highest BCUT2D eigenvalue weighted by molar-refractivity contribution is 7.15. The predicted octanol–water partition coefficient (Wildman–Crippen LogP) is 3.92. The first-order chi connectivity index (χ1) is 10.5. The Balaban J connectivity index is 2.07. The molecule has 0 bridgehead atoms. The summed E-state index contributed by atoms with van der Waals surface area (Å²) in [6.45, 7) is 3.69. The van der Waals surface area contributed by atoms with Crippen LogP contribution in [0.5, 0.6) is 5.75 Å². The van der Waals surface area contributed by atoms with Crippen LogP contribution in [0.25, 0.3) is 10.8 Å². The van der Waals surface area contributed by atoms with Crippen LogP contribution in [0.4, 0.5) is 5.13 Å². The average molecular weight is 334 g/mol. The van der Waals surface area contributed by atoms with Gasteiger partial charge in [-0.3, -0.25) is 10.1 Å². The van der Waals surface area contributed by atoms with E-state index in [-0.39, 0.29) is 11.3 Å². The second-order valence-electron chi connectivity index (χ2n) is 4.83. The van der Waals surface area contributed by atoms with Gasteiger partial charge in [0.25, 0.3) is 5.91 Å². The van der Waals surface area contributed by atoms with Crippen molar-refractivity contribution in [2.45, 2.75) is 13.8 Å². The maximum absolute atomic E-state index is 12.3. The number of aryl methyl sites for hydroxylation is 2. The summed E-state index contributed by atoms with van der Waals surface area (Å²) in [4.78, 5) is 12.3. The lowest BCUT2D eigenvalue weighted by Gasteiger charge is -2.11. The smallest absolute Gasteiger partial charge is 0.261 e. The minimum Gasteiger partial charge on any atom is -0.506 e. The molecule has 0 fully saturated rings. The monoisotopic (exact) mass is 333 g/mol. The van der Waals surface area contributed by atoms with E-state index in [2.05, 4.69) is 15.5 Å². The summed E-state index contributed by atoms with van der Waals surface area (Å²) in [5, 5.41) is 23.5. The molecule has 0 unspecified atom stereocenters. The molecule has 7 heteroatoms. The zero-order valence-electron chi connectivity index (χ0n) is 11.8. The number of amides is 1. The molecular formula is C15H12ClN3O2S. The van der Waals surface area contributed by atoms with E-state index in [0.29, 0.717) is 15.5 Å². The molecule has 0 aliphatic rings. The number of fused-ring (bicyclic) bond motifs is 1. The van der Waals surface area contributed by atoms with Crippen LogP contribution in [0.15, 0.2) is 24.3 Å². The van der Waals surface area contributed by atoms with E-state index in [1.807, 2.05) is 19.1 Å². The van der Waals surface area contributed by atoms with E-state index in [1.54, 1.807) is 13.0 Å². The van der Waals surface area contributed by atoms with Crippen molar-refractivity contribution in [3.05, 3.63) is 45.4 Å². The highest BCUT2D eigenvalue weighted by Crippen LogP contribution is 2.36. The molecule has 1 amide bonds. The van der Waals surface area contributed by atoms with Gasteiger partial charge in [0.1, 0.15) is 10.8 Å². The molecular weight excluding hydrogens is 322 g/mol. The van der Waals surface area contributed by atoms with Crippen LogP contribution >= 0.6 is 22.9 Å². The predicted molar refractivity (Wildman–Crippen MR) is 88.0 cm³/mol. The van der Waals surface area contributed by atoms with Gasteiger partial charge in [-0.1, -0.05) is 41.1 Å². The van der Waals surface area contributed by atoms with Crippen molar-refractivity contribution in [1.82, 2.24) is 10.2 Å². The first-order valence-corrected chi connectivity index (χ1v) is 7.69. The first-order valence-electron chi connectivity index (χ1n) is 6.49. The molecule has 0 atom stereocenters. The fourth-order valence-corrected chi connectivity index (χ4v) is 3.23. The maximum atomic E-state index is 12.3. The zero-order valence-corrected chi connectivity index (χ0v) is 13.4. The molecule has 22 heavy (non-hydrogen) atoms. The topological polar surface area (TPSA) is 75.1 Å². The highest BCUT2D eigenvalue weighted by Gasteiger charge is 2.18. The van der Waals surface area contributed by atoms with E-state index in [9.17, 15) is 9.90 Å². The van der Waals surface area contributed by atoms with Gasteiger partial charge in [0.2, 0.25) is 5.13 Å². The number of hydrogen-bond donors (Lipinski definition) is 2. The number of benzene rings is 2. The second kappa shape index (κ2) is 5.55. The number of nitrogens with one attached hydrogen (secondary N) is 1. The molecule has 3 rings (SSSR count). The van der Waals surface area contributed by atoms with Crippen molar-refractivity contribution >= 4 is 44.7 Å². The summed E-state index contributed by atoms with van der Waals surface area (Å²) in [6.07, 6.45) is 0. The fraction of sp³-hybridized carbons (Fsp3) is 0.133. The van der Waals surface area contributed by atoms with Gasteiger partial charge in [-0.15, -0.1) is 10.2 Å². The Bertz CT molecular complexity index is 892. The third kappa shape index (κ3) is 2.51. The average Bonchev–Trinajstić information content (AvgIpc) is 2.87. The molecule has 2 N–H and O–H groups in total. The van der Waals surface area contributed by atoms with Crippen molar-refractivity contribution in [2.75, 3.05) is 5.32 Å². The van der Waals surface area contributed by atoms with Gasteiger partial charge < -0.3 is 5.11 Å². The Hall–Kier alpha value is -2.18. The Morgan fingerprint density at radius 3 is 2.77 bits per heavy atom. The quantitative estimate of drug-likeness (QED) is 0.745. The van der Waals surface area contributed by atoms with Crippen molar-refractivity contribution in [2.24, 2.45) is 0 Å². The third-order valence-corrected chi connectivity index (χ3v) is 4.34. The van der Waals surface area contributed by atoms with E-state index >= 15 is 0 Å². The van der Waals surface area contributed by atoms with Crippen molar-refractivity contribution in [3.8, 4) is 5.75 Å². The lowest BCUT2D eigenvalue weighted by Crippen LogP contribution is -2.12. The summed E-state index contributed by atoms with van der Waals surface area (Å²) in [5.41, 5.74) is 1.04. The molecule has 0 saturated heterocycles. The van der Waals surface area contributed by atoms with Gasteiger partial charge in [-0.25, -0.2) is 0 Å². The molecule has 0 aliphatic carbocycles. The second-order valence-corrected chi connectivity index (χ2v) is 6.42. The van der Waals surface area contributed by atoms with Crippen molar-refractivity contribution in [1.29, 1.82) is 0 Å². The number of hydrogen-bond acceptors (Lipinski definition) is 5. The van der Waals surface area contributed by atoms with Crippen molar-refractivity contribution < 1.29 is 9.90 Å². The van der Waals surface area contributed by atoms with E-state index < -0.39 is 5.91 Å². The molecule has 2 aromatic carbocycles. The molecule has 0 spiro atoms. The molecule has 112 valence electrons. The van der Waals surface area contributed by atoms with Crippen LogP contribution in [0, 0.1) is 13.8 Å². The number of phenolic OH excluding ortho intramolecular Hbond substituents is 1. The van der Waals surface area contributed by atoms with Gasteiger partial charge in [-0.05, 0) is 25.5 Å². The zero-order chi connectivity index (χ0) is 15.9. The SMILES string of the molecule is Cc1nnc(NC(=O)c2cc(Cl)c3c(C)cccc3c2O)s1. The summed E-state index contributed by atoms with van der Waals surface area (Å²) in [5.74, 6) is -0.569. The molecule has 5 nitrogen and oxygen atoms in total. The molecule has 0 aliphatic heterocycles. The van der Waals surface area contributed by atoms with E-state index in [4.69, 9.17) is 11.6 Å². The molecule has 1 aromatic heterocycles. The highest BCUT2D eigenvalue weighted by atomic mass is 35.5. The minimum atomic E-state index is -0.473. The van der Waals surface area contributed by atoms with E-state index in [1.165, 1.54) is 17.4 Å². The van der Waals surface area contributed by atoms with Crippen LogP contribution in [0.3, 0.4) is 0 Å². The van der Waals surface area contributed by atoms with Gasteiger partial charge in [0, 0.05) is 15.8 Å². The van der Waals surface area contributed by atoms with Crippen LogP contribution in [0.1, 0.15) is 20.9 Å². The largest absolute Gasteiger partial charge is 0.506 e. The Morgan fingerprint density at radius 2 is 2.09 bits per heavy atom. The normalized spacial score (nSPS) is 10.9. The summed E-state index contributed by atoms with van der Waals surface area (Å²) in [6, 6.07) is 6.91. The van der Waals surface area contributed by atoms with Gasteiger partial charge in [0.15, 0.2) is 0 Å². The van der Waals surface area contributed by atoms with Gasteiger partial charge in [0.05, 0.1) is 5.56 Å². The van der Waals surface area contributed by atoms with Gasteiger partial charge >= 0.3 is 0 Å². The molecule has 3 aromatic rings. The number of aromatic hydroxyl groups is 1. The number of nitrogens with zero attached hydrogens (tertiary/aromatic N) is 2. The summed E-state index contributed by atoms with van der Waals surface area (Å²) >= 11 is 7.53. The number of halogens is 1. The van der Waals surface area contributed by atoms with Crippen LogP contribution < -0.4 is 5.32 Å². The number of carbonyl (C=O) groups excluding carboxylic acids is 1. The number of aromatic nitrogens is 2.